The molecule has 1 spiro atoms. The Labute approximate surface area is 183 Å². The minimum Gasteiger partial charge on any atom is -0.493 e. The van der Waals surface area contributed by atoms with Gasteiger partial charge in [-0.25, -0.2) is 15.3 Å². The molecule has 2 aromatic rings. The van der Waals surface area contributed by atoms with Crippen LogP contribution < -0.4 is 10.2 Å². The maximum absolute atomic E-state index is 5.97. The summed E-state index contributed by atoms with van der Waals surface area (Å²) in [5.41, 5.74) is 3.70. The molecule has 1 fully saturated rings. The van der Waals surface area contributed by atoms with Gasteiger partial charge in [-0.15, -0.1) is 0 Å². The third-order valence-corrected chi connectivity index (χ3v) is 5.49. The van der Waals surface area contributed by atoms with E-state index in [0.717, 1.165) is 37.2 Å². The van der Waals surface area contributed by atoms with Crippen molar-refractivity contribution in [2.45, 2.75) is 52.4 Å². The summed E-state index contributed by atoms with van der Waals surface area (Å²) in [5, 5.41) is 4.06. The lowest BCUT2D eigenvalue weighted by atomic mass is 10.0. The highest BCUT2D eigenvalue weighted by atomic mass is 16.7. The van der Waals surface area contributed by atoms with Crippen LogP contribution in [-0.2, 0) is 17.9 Å². The van der Waals surface area contributed by atoms with Gasteiger partial charge in [-0.3, -0.25) is 0 Å². The number of guanidine groups is 1. The number of likely N-dealkylation sites (tertiary alicyclic amines) is 1. The second kappa shape index (κ2) is 9.23. The molecule has 0 saturated carbocycles. The number of hydroxylamine groups is 1. The van der Waals surface area contributed by atoms with Crippen LogP contribution in [0.1, 0.15) is 44.0 Å². The van der Waals surface area contributed by atoms with Crippen LogP contribution in [-0.4, -0.2) is 58.4 Å². The maximum Gasteiger partial charge on any atom is 0.223 e. The van der Waals surface area contributed by atoms with E-state index in [1.165, 1.54) is 0 Å². The average Bonchev–Trinajstić information content (AvgIpc) is 3.36. The second-order valence-electron chi connectivity index (χ2n) is 8.82. The van der Waals surface area contributed by atoms with E-state index >= 15 is 0 Å². The first-order chi connectivity index (χ1) is 14.9. The molecule has 9 nitrogen and oxygen atoms in total. The van der Waals surface area contributed by atoms with E-state index in [0.29, 0.717) is 43.3 Å². The van der Waals surface area contributed by atoms with E-state index < -0.39 is 5.72 Å². The van der Waals surface area contributed by atoms with Gasteiger partial charge in [-0.2, -0.15) is 4.98 Å². The van der Waals surface area contributed by atoms with Crippen LogP contribution in [0.2, 0.25) is 0 Å². The van der Waals surface area contributed by atoms with E-state index in [2.05, 4.69) is 58.4 Å². The van der Waals surface area contributed by atoms with Crippen LogP contribution in [0, 0.1) is 12.8 Å². The summed E-state index contributed by atoms with van der Waals surface area (Å²) in [7, 11) is 2.12. The standard InChI is InChI=1S/C22H32N6O3/c1-16(2)15-29-19-7-5-18(6-8-19)13-28(14-20-23-17(3)30-25-20)21-24-22(31-26-21)9-11-27(4)12-10-22/h5-8,16H,9-15H2,1-4H3,(H,24,26). The second-order valence-corrected chi connectivity index (χ2v) is 8.82. The summed E-state index contributed by atoms with van der Waals surface area (Å²) in [4.78, 5) is 19.7. The Balaban J connectivity index is 1.49. The van der Waals surface area contributed by atoms with Crippen molar-refractivity contribution in [3.63, 3.8) is 0 Å². The van der Waals surface area contributed by atoms with Crippen molar-refractivity contribution < 1.29 is 14.1 Å². The molecule has 2 aliphatic rings. The van der Waals surface area contributed by atoms with Gasteiger partial charge in [0.15, 0.2) is 11.5 Å². The number of hydrogen-bond donors (Lipinski definition) is 1. The van der Waals surface area contributed by atoms with Crippen LogP contribution in [0.3, 0.4) is 0 Å². The van der Waals surface area contributed by atoms with Gasteiger partial charge < -0.3 is 19.1 Å². The molecule has 0 unspecified atom stereocenters. The molecule has 1 aromatic heterocycles. The van der Waals surface area contributed by atoms with Crippen molar-refractivity contribution in [1.29, 1.82) is 0 Å². The number of ether oxygens (including phenoxy) is 1. The zero-order valence-electron chi connectivity index (χ0n) is 18.8. The van der Waals surface area contributed by atoms with Crippen molar-refractivity contribution in [1.82, 2.24) is 25.4 Å². The Bertz CT molecular complexity index is 887. The number of aliphatic imine (C=N–C) groups is 1. The molecule has 1 saturated heterocycles. The predicted molar refractivity (Wildman–Crippen MR) is 116 cm³/mol. The molecule has 1 aromatic carbocycles. The van der Waals surface area contributed by atoms with Crippen LogP contribution in [0.4, 0.5) is 0 Å². The summed E-state index contributed by atoms with van der Waals surface area (Å²) in [6, 6.07) is 8.16. The fourth-order valence-corrected chi connectivity index (χ4v) is 3.65. The topological polar surface area (TPSA) is 88.2 Å². The SMILES string of the molecule is Cc1nc(CN(Cc2ccc(OCC(C)C)cc2)C2=NC3(CCN(C)CC3)ON2)no1. The first kappa shape index (κ1) is 21.6. The molecule has 2 aliphatic heterocycles. The van der Waals surface area contributed by atoms with E-state index in [-0.39, 0.29) is 0 Å². The Kier molecular flexibility index (Phi) is 6.43. The fourth-order valence-electron chi connectivity index (χ4n) is 3.65. The fraction of sp³-hybridized carbons (Fsp3) is 0.591. The highest BCUT2D eigenvalue weighted by Crippen LogP contribution is 2.30. The van der Waals surface area contributed by atoms with Crippen molar-refractivity contribution in [2.75, 3.05) is 26.7 Å². The number of piperidine rings is 1. The van der Waals surface area contributed by atoms with E-state index in [4.69, 9.17) is 19.1 Å². The molecular formula is C22H32N6O3. The highest BCUT2D eigenvalue weighted by molar-refractivity contribution is 5.80. The van der Waals surface area contributed by atoms with Gasteiger partial charge in [-0.05, 0) is 30.7 Å². The van der Waals surface area contributed by atoms with Crippen LogP contribution >= 0.6 is 0 Å². The summed E-state index contributed by atoms with van der Waals surface area (Å²) < 4.78 is 11.0. The number of nitrogens with zero attached hydrogens (tertiary/aromatic N) is 5. The summed E-state index contributed by atoms with van der Waals surface area (Å²) >= 11 is 0. The molecule has 31 heavy (non-hydrogen) atoms. The zero-order chi connectivity index (χ0) is 21.8. The number of benzene rings is 1. The Hall–Kier alpha value is -2.65. The average molecular weight is 429 g/mol. The van der Waals surface area contributed by atoms with Gasteiger partial charge in [0.2, 0.25) is 11.9 Å². The normalized spacial score (nSPS) is 18.3. The maximum atomic E-state index is 5.97. The molecule has 3 heterocycles. The number of hydrogen-bond acceptors (Lipinski definition) is 9. The first-order valence-electron chi connectivity index (χ1n) is 10.9. The lowest BCUT2D eigenvalue weighted by Crippen LogP contribution is -2.43. The summed E-state index contributed by atoms with van der Waals surface area (Å²) in [6.45, 7) is 9.79. The quantitative estimate of drug-likeness (QED) is 0.720. The molecule has 9 heteroatoms. The van der Waals surface area contributed by atoms with E-state index in [1.807, 2.05) is 12.1 Å². The minimum absolute atomic E-state index is 0.466. The summed E-state index contributed by atoms with van der Waals surface area (Å²) in [6.07, 6.45) is 1.72. The monoisotopic (exact) mass is 428 g/mol. The largest absolute Gasteiger partial charge is 0.493 e. The molecule has 0 atom stereocenters. The lowest BCUT2D eigenvalue weighted by Gasteiger charge is -2.33. The van der Waals surface area contributed by atoms with Gasteiger partial charge >= 0.3 is 0 Å². The lowest BCUT2D eigenvalue weighted by molar-refractivity contribution is -0.0875. The smallest absolute Gasteiger partial charge is 0.223 e. The number of nitrogens with one attached hydrogen (secondary N) is 1. The van der Waals surface area contributed by atoms with Crippen LogP contribution in [0.25, 0.3) is 0 Å². The van der Waals surface area contributed by atoms with Crippen molar-refractivity contribution in [2.24, 2.45) is 10.9 Å². The molecule has 4 rings (SSSR count). The van der Waals surface area contributed by atoms with Crippen LogP contribution in [0.5, 0.6) is 5.75 Å². The van der Waals surface area contributed by atoms with Gasteiger partial charge in [0.1, 0.15) is 5.75 Å². The number of rotatable bonds is 7. The van der Waals surface area contributed by atoms with Crippen molar-refractivity contribution in [3.05, 3.63) is 41.5 Å². The van der Waals surface area contributed by atoms with Gasteiger partial charge in [0.05, 0.1) is 13.2 Å². The Morgan fingerprint density at radius 2 is 1.94 bits per heavy atom. The third kappa shape index (κ3) is 5.54. The minimum atomic E-state index is -0.498. The van der Waals surface area contributed by atoms with Gasteiger partial charge in [0.25, 0.3) is 0 Å². The number of aromatic nitrogens is 2. The highest BCUT2D eigenvalue weighted by Gasteiger charge is 2.40. The molecule has 0 radical (unpaired) electrons. The molecule has 168 valence electrons. The van der Waals surface area contributed by atoms with Crippen LogP contribution in [0.15, 0.2) is 33.8 Å². The molecule has 0 amide bonds. The number of aryl methyl sites for hydroxylation is 1. The van der Waals surface area contributed by atoms with Crippen molar-refractivity contribution in [3.8, 4) is 5.75 Å². The molecule has 1 N–H and O–H groups in total. The third-order valence-electron chi connectivity index (χ3n) is 5.49. The van der Waals surface area contributed by atoms with Gasteiger partial charge in [-0.1, -0.05) is 31.1 Å². The van der Waals surface area contributed by atoms with E-state index in [9.17, 15) is 0 Å². The Morgan fingerprint density at radius 1 is 1.19 bits per heavy atom. The molecular weight excluding hydrogens is 396 g/mol. The first-order valence-corrected chi connectivity index (χ1v) is 10.9. The zero-order valence-corrected chi connectivity index (χ0v) is 18.8. The molecule has 0 aliphatic carbocycles. The summed E-state index contributed by atoms with van der Waals surface area (Å²) in [5.74, 6) is 3.23. The van der Waals surface area contributed by atoms with Crippen molar-refractivity contribution >= 4 is 5.96 Å². The predicted octanol–water partition coefficient (Wildman–Crippen LogP) is 2.73. The Morgan fingerprint density at radius 3 is 2.58 bits per heavy atom. The molecule has 0 bridgehead atoms. The van der Waals surface area contributed by atoms with E-state index in [1.54, 1.807) is 6.92 Å². The van der Waals surface area contributed by atoms with Gasteiger partial charge in [0, 0.05) is 39.4 Å².